The average molecular weight is 369 g/mol. The van der Waals surface area contributed by atoms with Gasteiger partial charge < -0.3 is 16.2 Å². The van der Waals surface area contributed by atoms with Gasteiger partial charge in [-0.3, -0.25) is 4.79 Å². The summed E-state index contributed by atoms with van der Waals surface area (Å²) in [4.78, 5) is 15.8. The zero-order valence-electron chi connectivity index (χ0n) is 13.3. The Bertz CT molecular complexity index is 818. The molecular formula is C17H15F4N3O2. The Morgan fingerprint density at radius 1 is 1.08 bits per heavy atom. The van der Waals surface area contributed by atoms with Gasteiger partial charge in [0, 0.05) is 5.56 Å². The van der Waals surface area contributed by atoms with Crippen molar-refractivity contribution in [3.8, 4) is 5.75 Å². The first-order chi connectivity index (χ1) is 12.2. The number of ether oxygens (including phenoxy) is 1. The summed E-state index contributed by atoms with van der Waals surface area (Å²) in [7, 11) is 0. The summed E-state index contributed by atoms with van der Waals surface area (Å²) in [6.07, 6.45) is -5.21. The first-order valence-corrected chi connectivity index (χ1v) is 7.39. The zero-order chi connectivity index (χ0) is 19.3. The number of halogens is 4. The van der Waals surface area contributed by atoms with Crippen LogP contribution < -0.4 is 16.2 Å². The summed E-state index contributed by atoms with van der Waals surface area (Å²) in [5, 5.41) is 0. The Morgan fingerprint density at radius 3 is 2.31 bits per heavy atom. The number of alkyl halides is 3. The lowest BCUT2D eigenvalue weighted by Crippen LogP contribution is -2.27. The number of amides is 1. The molecule has 0 fully saturated rings. The van der Waals surface area contributed by atoms with E-state index in [0.717, 1.165) is 6.07 Å². The van der Waals surface area contributed by atoms with Crippen LogP contribution >= 0.6 is 0 Å². The lowest BCUT2D eigenvalue weighted by molar-refractivity contribution is -0.275. The molecule has 0 aromatic heterocycles. The van der Waals surface area contributed by atoms with Crippen molar-refractivity contribution in [1.82, 2.24) is 0 Å². The number of guanidine groups is 1. The number of para-hydroxylation sites is 1. The number of hydrogen-bond donors (Lipinski definition) is 2. The number of carbonyl (C=O) groups excluding carboxylic acids is 1. The van der Waals surface area contributed by atoms with Gasteiger partial charge in [-0.15, -0.1) is 13.2 Å². The number of nitrogens with two attached hydrogens (primary N) is 2. The molecule has 0 bridgehead atoms. The maximum Gasteiger partial charge on any atom is 0.573 e. The van der Waals surface area contributed by atoms with Gasteiger partial charge in [0.15, 0.2) is 5.96 Å². The summed E-state index contributed by atoms with van der Waals surface area (Å²) in [5.74, 6) is -3.92. The summed E-state index contributed by atoms with van der Waals surface area (Å²) in [5.41, 5.74) is 10.4. The van der Waals surface area contributed by atoms with Crippen molar-refractivity contribution < 1.29 is 27.1 Å². The molecule has 5 nitrogen and oxygen atoms in total. The normalized spacial score (nSPS) is 12.3. The molecule has 0 aliphatic rings. The van der Waals surface area contributed by atoms with Crippen molar-refractivity contribution in [2.24, 2.45) is 16.5 Å². The van der Waals surface area contributed by atoms with Gasteiger partial charge in [-0.2, -0.15) is 4.99 Å². The molecular weight excluding hydrogens is 354 g/mol. The van der Waals surface area contributed by atoms with Crippen LogP contribution in [0.4, 0.5) is 17.6 Å². The minimum absolute atomic E-state index is 0.108. The number of nitrogens with zero attached hydrogens (tertiary/aromatic N) is 1. The summed E-state index contributed by atoms with van der Waals surface area (Å²) >= 11 is 0. The predicted octanol–water partition coefficient (Wildman–Crippen LogP) is 2.85. The molecule has 0 heterocycles. The van der Waals surface area contributed by atoms with E-state index in [0.29, 0.717) is 0 Å². The maximum atomic E-state index is 14.0. The van der Waals surface area contributed by atoms with Crippen molar-refractivity contribution in [2.45, 2.75) is 18.7 Å². The van der Waals surface area contributed by atoms with E-state index in [1.807, 2.05) is 0 Å². The molecule has 2 aromatic rings. The fourth-order valence-corrected chi connectivity index (χ4v) is 2.41. The van der Waals surface area contributed by atoms with Gasteiger partial charge in [0.2, 0.25) is 0 Å². The number of benzene rings is 2. The van der Waals surface area contributed by atoms with Crippen LogP contribution in [-0.2, 0) is 11.2 Å². The Morgan fingerprint density at radius 2 is 1.69 bits per heavy atom. The minimum atomic E-state index is -4.96. The molecule has 0 saturated heterocycles. The third-order valence-electron chi connectivity index (χ3n) is 3.44. The van der Waals surface area contributed by atoms with Gasteiger partial charge in [-0.05, 0) is 24.1 Å². The van der Waals surface area contributed by atoms with Crippen LogP contribution in [0.1, 0.15) is 17.0 Å². The average Bonchev–Trinajstić information content (AvgIpc) is 2.53. The van der Waals surface area contributed by atoms with Gasteiger partial charge in [0.1, 0.15) is 11.6 Å². The van der Waals surface area contributed by atoms with E-state index in [4.69, 9.17) is 11.5 Å². The Hall–Kier alpha value is -3.10. The SMILES string of the molecule is NC(N)=NC(=O)[C@@H](Cc1ccccc1F)c1ccccc1OC(F)(F)F. The summed E-state index contributed by atoms with van der Waals surface area (Å²) in [6.45, 7) is 0. The zero-order valence-corrected chi connectivity index (χ0v) is 13.3. The second kappa shape index (κ2) is 7.85. The van der Waals surface area contributed by atoms with Gasteiger partial charge in [-0.25, -0.2) is 4.39 Å². The molecule has 0 saturated carbocycles. The smallest absolute Gasteiger partial charge is 0.405 e. The summed E-state index contributed by atoms with van der Waals surface area (Å²) < 4.78 is 55.9. The highest BCUT2D eigenvalue weighted by Gasteiger charge is 2.34. The molecule has 0 unspecified atom stereocenters. The van der Waals surface area contributed by atoms with Crippen molar-refractivity contribution >= 4 is 11.9 Å². The molecule has 9 heteroatoms. The van der Waals surface area contributed by atoms with Gasteiger partial charge >= 0.3 is 6.36 Å². The molecule has 0 aliphatic carbocycles. The van der Waals surface area contributed by atoms with E-state index in [1.165, 1.54) is 36.4 Å². The number of carbonyl (C=O) groups is 1. The molecule has 4 N–H and O–H groups in total. The van der Waals surface area contributed by atoms with Gasteiger partial charge in [0.05, 0.1) is 5.92 Å². The highest BCUT2D eigenvalue weighted by Crippen LogP contribution is 2.34. The lowest BCUT2D eigenvalue weighted by Gasteiger charge is -2.19. The van der Waals surface area contributed by atoms with E-state index < -0.39 is 35.7 Å². The van der Waals surface area contributed by atoms with E-state index in [9.17, 15) is 22.4 Å². The molecule has 0 spiro atoms. The fraction of sp³-hybridized carbons (Fsp3) is 0.176. The highest BCUT2D eigenvalue weighted by atomic mass is 19.4. The van der Waals surface area contributed by atoms with E-state index >= 15 is 0 Å². The van der Waals surface area contributed by atoms with Crippen LogP contribution in [0, 0.1) is 5.82 Å². The number of hydrogen-bond acceptors (Lipinski definition) is 2. The molecule has 1 amide bonds. The van der Waals surface area contributed by atoms with Crippen LogP contribution in [-0.4, -0.2) is 18.2 Å². The molecule has 26 heavy (non-hydrogen) atoms. The first-order valence-electron chi connectivity index (χ1n) is 7.39. The van der Waals surface area contributed by atoms with E-state index in [-0.39, 0.29) is 17.5 Å². The van der Waals surface area contributed by atoms with Crippen LogP contribution in [0.2, 0.25) is 0 Å². The van der Waals surface area contributed by atoms with Crippen LogP contribution in [0.3, 0.4) is 0 Å². The quantitative estimate of drug-likeness (QED) is 0.482. The Kier molecular flexibility index (Phi) is 5.81. The third-order valence-corrected chi connectivity index (χ3v) is 3.44. The second-order valence-corrected chi connectivity index (χ2v) is 5.31. The van der Waals surface area contributed by atoms with E-state index in [1.54, 1.807) is 6.07 Å². The minimum Gasteiger partial charge on any atom is -0.405 e. The Balaban J connectivity index is 2.50. The van der Waals surface area contributed by atoms with Crippen molar-refractivity contribution in [1.29, 1.82) is 0 Å². The van der Waals surface area contributed by atoms with Crippen LogP contribution in [0.25, 0.3) is 0 Å². The second-order valence-electron chi connectivity index (χ2n) is 5.31. The summed E-state index contributed by atoms with van der Waals surface area (Å²) in [6, 6.07) is 10.6. The van der Waals surface area contributed by atoms with Gasteiger partial charge in [0.25, 0.3) is 5.91 Å². The van der Waals surface area contributed by atoms with E-state index in [2.05, 4.69) is 9.73 Å². The predicted molar refractivity (Wildman–Crippen MR) is 86.8 cm³/mol. The molecule has 0 radical (unpaired) electrons. The topological polar surface area (TPSA) is 90.7 Å². The highest BCUT2D eigenvalue weighted by molar-refractivity contribution is 5.95. The first kappa shape index (κ1) is 19.2. The number of rotatable bonds is 5. The standard InChI is InChI=1S/C17H15F4N3O2/c18-13-7-3-1-5-10(13)9-12(15(25)24-16(22)23)11-6-2-4-8-14(11)26-17(19,20)21/h1-8,12H,9H2,(H4,22,23,24,25)/t12-/m0/s1. The van der Waals surface area contributed by atoms with Crippen LogP contribution in [0.15, 0.2) is 53.5 Å². The third kappa shape index (κ3) is 5.20. The largest absolute Gasteiger partial charge is 0.573 e. The Labute approximate surface area is 146 Å². The van der Waals surface area contributed by atoms with Gasteiger partial charge in [-0.1, -0.05) is 36.4 Å². The molecule has 0 aliphatic heterocycles. The monoisotopic (exact) mass is 369 g/mol. The molecule has 2 rings (SSSR count). The van der Waals surface area contributed by atoms with Crippen molar-refractivity contribution in [3.05, 3.63) is 65.5 Å². The van der Waals surface area contributed by atoms with Crippen molar-refractivity contribution in [3.63, 3.8) is 0 Å². The molecule has 2 aromatic carbocycles. The number of aliphatic imine (C=N–C) groups is 1. The fourth-order valence-electron chi connectivity index (χ4n) is 2.41. The molecule has 1 atom stereocenters. The maximum absolute atomic E-state index is 14.0. The van der Waals surface area contributed by atoms with Crippen LogP contribution in [0.5, 0.6) is 5.75 Å². The molecule has 138 valence electrons. The van der Waals surface area contributed by atoms with Crippen molar-refractivity contribution in [2.75, 3.05) is 0 Å². The lowest BCUT2D eigenvalue weighted by atomic mass is 9.90.